The fourth-order valence-electron chi connectivity index (χ4n) is 3.08. The Kier molecular flexibility index (Phi) is 12.6. The summed E-state index contributed by atoms with van der Waals surface area (Å²) in [6, 6.07) is 4.14. The molecule has 0 aliphatic carbocycles. The van der Waals surface area contributed by atoms with E-state index in [0.29, 0.717) is 24.8 Å². The van der Waals surface area contributed by atoms with Gasteiger partial charge in [0, 0.05) is 19.3 Å². The lowest BCUT2D eigenvalue weighted by Crippen LogP contribution is -2.52. The number of ether oxygens (including phenoxy) is 5. The van der Waals surface area contributed by atoms with E-state index in [1.807, 2.05) is 13.8 Å². The molecule has 0 heterocycles. The lowest BCUT2D eigenvalue weighted by Gasteiger charge is -2.28. The molecule has 0 aliphatic rings. The number of hydrogen-bond donors (Lipinski definition) is 2. The summed E-state index contributed by atoms with van der Waals surface area (Å²) in [5, 5.41) is 9.79. The third-order valence-electron chi connectivity index (χ3n) is 4.63. The molecule has 0 aromatic heterocycles. The number of rotatable bonds is 14. The summed E-state index contributed by atoms with van der Waals surface area (Å²) in [4.78, 5) is 47.7. The highest BCUT2D eigenvalue weighted by Gasteiger charge is 2.37. The van der Waals surface area contributed by atoms with Crippen LogP contribution in [0.5, 0.6) is 11.5 Å². The molecular weight excluding hydrogens is 462 g/mol. The molecule has 3 N–H and O–H groups in total. The maximum absolute atomic E-state index is 12.0. The van der Waals surface area contributed by atoms with Crippen molar-refractivity contribution in [2.24, 2.45) is 5.73 Å². The zero-order valence-electron chi connectivity index (χ0n) is 20.7. The standard InChI is InChI=1S/C24H35NO10/c1-5-8-20(26)33-16(4)14-24(25,21(27)28)15-17-9-10-18(34-22(29)31-11-6-2)19(13-17)35-23(30)32-12-7-3/h9-10,13,16H,5-8,11-12,14-15,25H2,1-4H3,(H,27,28)/t16-,24?/m0/s1. The molecule has 1 rings (SSSR count). The number of carboxylic acids is 1. The van der Waals surface area contributed by atoms with Gasteiger partial charge >= 0.3 is 24.2 Å². The van der Waals surface area contributed by atoms with E-state index in [1.54, 1.807) is 13.8 Å². The number of carbonyl (C=O) groups excluding carboxylic acids is 3. The minimum absolute atomic E-state index is 0.118. The van der Waals surface area contributed by atoms with Crippen LogP contribution in [0.15, 0.2) is 18.2 Å². The first kappa shape index (κ1) is 29.7. The molecule has 0 saturated heterocycles. The lowest BCUT2D eigenvalue weighted by molar-refractivity contribution is -0.153. The quantitative estimate of drug-likeness (QED) is 0.217. The van der Waals surface area contributed by atoms with Crippen LogP contribution in [0.1, 0.15) is 65.4 Å². The Labute approximate surface area is 204 Å². The summed E-state index contributed by atoms with van der Waals surface area (Å²) >= 11 is 0. The van der Waals surface area contributed by atoms with Crippen molar-refractivity contribution in [3.05, 3.63) is 23.8 Å². The largest absolute Gasteiger partial charge is 0.513 e. The second kappa shape index (κ2) is 14.8. The predicted octanol–water partition coefficient (Wildman–Crippen LogP) is 3.98. The van der Waals surface area contributed by atoms with Gasteiger partial charge in [0.05, 0.1) is 13.2 Å². The lowest BCUT2D eigenvalue weighted by atomic mass is 9.86. The van der Waals surface area contributed by atoms with Crippen molar-refractivity contribution in [3.63, 3.8) is 0 Å². The first-order chi connectivity index (χ1) is 16.5. The van der Waals surface area contributed by atoms with Gasteiger partial charge in [-0.15, -0.1) is 0 Å². The van der Waals surface area contributed by atoms with Crippen molar-refractivity contribution in [2.45, 2.75) is 77.9 Å². The van der Waals surface area contributed by atoms with Crippen LogP contribution in [0.2, 0.25) is 0 Å². The smallest absolute Gasteiger partial charge is 0.480 e. The summed E-state index contributed by atoms with van der Waals surface area (Å²) in [5.41, 5.74) is 4.76. The average Bonchev–Trinajstić information content (AvgIpc) is 2.77. The number of hydrogen-bond acceptors (Lipinski definition) is 10. The number of benzene rings is 1. The van der Waals surface area contributed by atoms with Gasteiger partial charge < -0.3 is 34.5 Å². The Bertz CT molecular complexity index is 872. The monoisotopic (exact) mass is 497 g/mol. The first-order valence-electron chi connectivity index (χ1n) is 11.6. The Morgan fingerprint density at radius 1 is 0.943 bits per heavy atom. The Balaban J connectivity index is 3.14. The molecule has 2 atom stereocenters. The SMILES string of the molecule is CCCOC(=O)Oc1ccc(CC(N)(C[C@H](C)OC(=O)CCC)C(=O)O)cc1OC(=O)OCCC. The van der Waals surface area contributed by atoms with Gasteiger partial charge in [0.15, 0.2) is 11.5 Å². The van der Waals surface area contributed by atoms with Crippen molar-refractivity contribution < 1.29 is 48.0 Å². The second-order valence-corrected chi connectivity index (χ2v) is 8.07. The zero-order chi connectivity index (χ0) is 26.4. The molecule has 1 aromatic carbocycles. The van der Waals surface area contributed by atoms with Crippen LogP contribution in [0.25, 0.3) is 0 Å². The van der Waals surface area contributed by atoms with Crippen LogP contribution in [0.3, 0.4) is 0 Å². The molecule has 11 nitrogen and oxygen atoms in total. The summed E-state index contributed by atoms with van der Waals surface area (Å²) in [6.07, 6.45) is -1.15. The molecule has 0 bridgehead atoms. The van der Waals surface area contributed by atoms with E-state index in [2.05, 4.69) is 0 Å². The molecule has 1 unspecified atom stereocenters. The summed E-state index contributed by atoms with van der Waals surface area (Å²) in [5.74, 6) is -2.04. The van der Waals surface area contributed by atoms with E-state index >= 15 is 0 Å². The highest BCUT2D eigenvalue weighted by Crippen LogP contribution is 2.31. The van der Waals surface area contributed by atoms with Gasteiger partial charge in [-0.2, -0.15) is 0 Å². The van der Waals surface area contributed by atoms with Crippen LogP contribution >= 0.6 is 0 Å². The van der Waals surface area contributed by atoms with Crippen molar-refractivity contribution in [3.8, 4) is 11.5 Å². The molecule has 196 valence electrons. The summed E-state index contributed by atoms with van der Waals surface area (Å²) in [6.45, 7) is 7.26. The zero-order valence-corrected chi connectivity index (χ0v) is 20.7. The van der Waals surface area contributed by atoms with Crippen molar-refractivity contribution >= 4 is 24.2 Å². The van der Waals surface area contributed by atoms with Gasteiger partial charge in [0.2, 0.25) is 0 Å². The minimum Gasteiger partial charge on any atom is -0.480 e. The number of carboxylic acid groups (broad SMARTS) is 1. The first-order valence-corrected chi connectivity index (χ1v) is 11.6. The van der Waals surface area contributed by atoms with Crippen LogP contribution in [0.4, 0.5) is 9.59 Å². The van der Waals surface area contributed by atoms with E-state index in [9.17, 15) is 24.3 Å². The highest BCUT2D eigenvalue weighted by atomic mass is 16.7. The average molecular weight is 498 g/mol. The van der Waals surface area contributed by atoms with E-state index < -0.39 is 35.9 Å². The number of nitrogens with two attached hydrogens (primary N) is 1. The highest BCUT2D eigenvalue weighted by molar-refractivity contribution is 5.79. The molecule has 1 aromatic rings. The van der Waals surface area contributed by atoms with Gasteiger partial charge in [-0.25, -0.2) is 9.59 Å². The van der Waals surface area contributed by atoms with Gasteiger partial charge in [-0.05, 0) is 43.9 Å². The maximum Gasteiger partial charge on any atom is 0.513 e. The Hall–Kier alpha value is -3.34. The molecule has 11 heteroatoms. The third-order valence-corrected chi connectivity index (χ3v) is 4.63. The molecular formula is C24H35NO10. The van der Waals surface area contributed by atoms with Crippen molar-refractivity contribution in [1.29, 1.82) is 0 Å². The molecule has 0 aliphatic heterocycles. The maximum atomic E-state index is 12.0. The van der Waals surface area contributed by atoms with Gasteiger partial charge in [-0.1, -0.05) is 26.8 Å². The van der Waals surface area contributed by atoms with Crippen LogP contribution in [-0.4, -0.2) is 54.2 Å². The van der Waals surface area contributed by atoms with E-state index in [4.69, 9.17) is 29.4 Å². The fraction of sp³-hybridized carbons (Fsp3) is 0.583. The summed E-state index contributed by atoms with van der Waals surface area (Å²) < 4.78 is 25.3. The molecule has 0 amide bonds. The minimum atomic E-state index is -1.80. The van der Waals surface area contributed by atoms with Gasteiger partial charge in [-0.3, -0.25) is 9.59 Å². The predicted molar refractivity (Wildman–Crippen MR) is 124 cm³/mol. The Morgan fingerprint density at radius 2 is 1.51 bits per heavy atom. The van der Waals surface area contributed by atoms with Crippen LogP contribution < -0.4 is 15.2 Å². The van der Waals surface area contributed by atoms with E-state index in [0.717, 1.165) is 0 Å². The molecule has 0 spiro atoms. The number of carbonyl (C=O) groups is 4. The van der Waals surface area contributed by atoms with Crippen LogP contribution in [-0.2, 0) is 30.2 Å². The molecule has 0 saturated carbocycles. The van der Waals surface area contributed by atoms with Gasteiger partial charge in [0.1, 0.15) is 11.6 Å². The number of esters is 1. The normalized spacial score (nSPS) is 13.2. The van der Waals surface area contributed by atoms with E-state index in [1.165, 1.54) is 18.2 Å². The molecule has 0 fully saturated rings. The topological polar surface area (TPSA) is 161 Å². The third kappa shape index (κ3) is 10.6. The van der Waals surface area contributed by atoms with E-state index in [-0.39, 0.29) is 44.0 Å². The molecule has 0 radical (unpaired) electrons. The number of aliphatic carboxylic acids is 1. The van der Waals surface area contributed by atoms with Crippen molar-refractivity contribution in [2.75, 3.05) is 13.2 Å². The van der Waals surface area contributed by atoms with Crippen molar-refractivity contribution in [1.82, 2.24) is 0 Å². The van der Waals surface area contributed by atoms with Crippen LogP contribution in [0, 0.1) is 0 Å². The summed E-state index contributed by atoms with van der Waals surface area (Å²) in [7, 11) is 0. The molecule has 35 heavy (non-hydrogen) atoms. The Morgan fingerprint density at radius 3 is 2.03 bits per heavy atom. The van der Waals surface area contributed by atoms with Gasteiger partial charge in [0.25, 0.3) is 0 Å². The fourth-order valence-corrected chi connectivity index (χ4v) is 3.08. The second-order valence-electron chi connectivity index (χ2n) is 8.07.